The van der Waals surface area contributed by atoms with Crippen molar-refractivity contribution in [3.8, 4) is 5.69 Å². The Hall–Kier alpha value is -3.23. The van der Waals surface area contributed by atoms with E-state index in [0.717, 1.165) is 0 Å². The number of para-hydroxylation sites is 1. The van der Waals surface area contributed by atoms with Gasteiger partial charge in [0.05, 0.1) is 24.6 Å². The Balaban J connectivity index is 2.22. The lowest BCUT2D eigenvalue weighted by atomic mass is 10.2. The van der Waals surface area contributed by atoms with Gasteiger partial charge in [-0.15, -0.1) is 5.10 Å². The predicted octanol–water partition coefficient (Wildman–Crippen LogP) is 0.800. The molecule has 0 saturated carbocycles. The first-order valence-electron chi connectivity index (χ1n) is 8.11. The number of ether oxygens (including phenoxy) is 2. The van der Waals surface area contributed by atoms with E-state index in [2.05, 4.69) is 15.5 Å². The van der Waals surface area contributed by atoms with Crippen LogP contribution in [0, 0.1) is 6.92 Å². The Morgan fingerprint density at radius 1 is 1.04 bits per heavy atom. The number of nitrogens with zero attached hydrogens (tertiary/aromatic N) is 3. The zero-order valence-electron chi connectivity index (χ0n) is 14.8. The van der Waals surface area contributed by atoms with Gasteiger partial charge in [-0.1, -0.05) is 18.2 Å². The summed E-state index contributed by atoms with van der Waals surface area (Å²) in [5.74, 6) is -2.52. The summed E-state index contributed by atoms with van der Waals surface area (Å²) >= 11 is 0. The molecular formula is C17H20N4O5. The van der Waals surface area contributed by atoms with Crippen LogP contribution in [0.2, 0.25) is 0 Å². The van der Waals surface area contributed by atoms with Crippen LogP contribution in [0.15, 0.2) is 30.3 Å². The lowest BCUT2D eigenvalue weighted by Crippen LogP contribution is -2.48. The second-order valence-electron chi connectivity index (χ2n) is 5.17. The van der Waals surface area contributed by atoms with E-state index in [9.17, 15) is 14.4 Å². The van der Waals surface area contributed by atoms with Crippen molar-refractivity contribution in [1.82, 2.24) is 20.3 Å². The number of aromatic nitrogens is 3. The van der Waals surface area contributed by atoms with Crippen molar-refractivity contribution >= 4 is 17.8 Å². The Morgan fingerprint density at radius 2 is 1.62 bits per heavy atom. The van der Waals surface area contributed by atoms with Gasteiger partial charge in [-0.2, -0.15) is 9.90 Å². The topological polar surface area (TPSA) is 112 Å². The van der Waals surface area contributed by atoms with E-state index >= 15 is 0 Å². The average Bonchev–Trinajstić information content (AvgIpc) is 3.02. The van der Waals surface area contributed by atoms with Crippen LogP contribution in [0.3, 0.4) is 0 Å². The Labute approximate surface area is 150 Å². The van der Waals surface area contributed by atoms with Crippen molar-refractivity contribution in [3.63, 3.8) is 0 Å². The highest BCUT2D eigenvalue weighted by Gasteiger charge is 2.32. The Morgan fingerprint density at radius 3 is 2.15 bits per heavy atom. The van der Waals surface area contributed by atoms with Crippen molar-refractivity contribution in [1.29, 1.82) is 0 Å². The maximum absolute atomic E-state index is 12.5. The summed E-state index contributed by atoms with van der Waals surface area (Å²) in [6.45, 7) is 4.92. The molecule has 0 unspecified atom stereocenters. The normalized spacial score (nSPS) is 10.5. The van der Waals surface area contributed by atoms with Gasteiger partial charge in [0.15, 0.2) is 5.69 Å². The highest BCUT2D eigenvalue weighted by atomic mass is 16.6. The number of benzene rings is 1. The summed E-state index contributed by atoms with van der Waals surface area (Å²) in [4.78, 5) is 37.7. The third-order valence-corrected chi connectivity index (χ3v) is 3.30. The molecule has 1 amide bonds. The van der Waals surface area contributed by atoms with Gasteiger partial charge < -0.3 is 14.8 Å². The number of carbonyl (C=O) groups is 3. The zero-order chi connectivity index (χ0) is 19.1. The van der Waals surface area contributed by atoms with Gasteiger partial charge in [0.2, 0.25) is 6.04 Å². The lowest BCUT2D eigenvalue weighted by molar-refractivity contribution is -0.157. The van der Waals surface area contributed by atoms with E-state index in [1.807, 2.05) is 18.2 Å². The summed E-state index contributed by atoms with van der Waals surface area (Å²) in [5, 5.41) is 10.6. The summed E-state index contributed by atoms with van der Waals surface area (Å²) < 4.78 is 9.63. The van der Waals surface area contributed by atoms with Gasteiger partial charge in [0.1, 0.15) is 0 Å². The van der Waals surface area contributed by atoms with E-state index in [1.165, 1.54) is 4.80 Å². The van der Waals surface area contributed by atoms with Crippen LogP contribution in [0.4, 0.5) is 0 Å². The molecular weight excluding hydrogens is 340 g/mol. The highest BCUT2D eigenvalue weighted by molar-refractivity contribution is 6.05. The van der Waals surface area contributed by atoms with Crippen LogP contribution < -0.4 is 5.32 Å². The van der Waals surface area contributed by atoms with E-state index < -0.39 is 23.9 Å². The van der Waals surface area contributed by atoms with Gasteiger partial charge in [-0.25, -0.2) is 9.59 Å². The van der Waals surface area contributed by atoms with Crippen LogP contribution in [-0.2, 0) is 19.1 Å². The number of carbonyl (C=O) groups excluding carboxylic acids is 3. The maximum atomic E-state index is 12.5. The monoisotopic (exact) mass is 360 g/mol. The molecule has 1 aromatic heterocycles. The van der Waals surface area contributed by atoms with Crippen molar-refractivity contribution in [2.45, 2.75) is 26.8 Å². The summed E-state index contributed by atoms with van der Waals surface area (Å²) in [6.07, 6.45) is 0. The van der Waals surface area contributed by atoms with Crippen molar-refractivity contribution in [3.05, 3.63) is 41.7 Å². The molecule has 0 atom stereocenters. The Kier molecular flexibility index (Phi) is 6.42. The molecule has 26 heavy (non-hydrogen) atoms. The molecule has 2 rings (SSSR count). The van der Waals surface area contributed by atoms with E-state index in [0.29, 0.717) is 11.4 Å². The molecule has 1 N–H and O–H groups in total. The molecule has 0 aliphatic carbocycles. The third-order valence-electron chi connectivity index (χ3n) is 3.30. The third kappa shape index (κ3) is 4.44. The molecule has 0 radical (unpaired) electrons. The Bertz CT molecular complexity index is 770. The van der Waals surface area contributed by atoms with Crippen LogP contribution in [0.25, 0.3) is 5.69 Å². The molecule has 0 aliphatic heterocycles. The largest absolute Gasteiger partial charge is 0.464 e. The number of nitrogens with one attached hydrogen (secondary N) is 1. The smallest absolute Gasteiger partial charge is 0.340 e. The van der Waals surface area contributed by atoms with Gasteiger partial charge in [0, 0.05) is 0 Å². The molecule has 9 heteroatoms. The second kappa shape index (κ2) is 8.75. The predicted molar refractivity (Wildman–Crippen MR) is 90.6 cm³/mol. The van der Waals surface area contributed by atoms with E-state index in [4.69, 9.17) is 9.47 Å². The quantitative estimate of drug-likeness (QED) is 0.574. The first kappa shape index (κ1) is 19.1. The van der Waals surface area contributed by atoms with Gasteiger partial charge in [-0.3, -0.25) is 4.79 Å². The number of esters is 2. The standard InChI is InChI=1S/C17H20N4O5/c1-4-25-16(23)14(17(24)26-5-2)18-15(22)13-11(3)19-21(20-13)12-9-7-6-8-10-12/h6-10,14H,4-5H2,1-3H3,(H,18,22). The number of amides is 1. The highest BCUT2D eigenvalue weighted by Crippen LogP contribution is 2.08. The average molecular weight is 360 g/mol. The molecule has 1 aromatic carbocycles. The van der Waals surface area contributed by atoms with Crippen LogP contribution in [-0.4, -0.2) is 52.1 Å². The number of aryl methyl sites for hydroxylation is 1. The number of rotatable bonds is 7. The van der Waals surface area contributed by atoms with Gasteiger partial charge in [-0.05, 0) is 32.9 Å². The summed E-state index contributed by atoms with van der Waals surface area (Å²) in [7, 11) is 0. The minimum absolute atomic E-state index is 0.00699. The van der Waals surface area contributed by atoms with Crippen molar-refractivity contribution < 1.29 is 23.9 Å². The first-order valence-corrected chi connectivity index (χ1v) is 8.11. The molecule has 0 bridgehead atoms. The van der Waals surface area contributed by atoms with Gasteiger partial charge in [0.25, 0.3) is 5.91 Å². The van der Waals surface area contributed by atoms with E-state index in [1.54, 1.807) is 32.9 Å². The fraction of sp³-hybridized carbons (Fsp3) is 0.353. The van der Waals surface area contributed by atoms with Crippen LogP contribution in [0.5, 0.6) is 0 Å². The van der Waals surface area contributed by atoms with E-state index in [-0.39, 0.29) is 18.9 Å². The maximum Gasteiger partial charge on any atom is 0.340 e. The fourth-order valence-electron chi connectivity index (χ4n) is 2.13. The minimum Gasteiger partial charge on any atom is -0.464 e. The molecule has 0 aliphatic rings. The van der Waals surface area contributed by atoms with Crippen LogP contribution >= 0.6 is 0 Å². The van der Waals surface area contributed by atoms with Gasteiger partial charge >= 0.3 is 11.9 Å². The molecule has 0 spiro atoms. The van der Waals surface area contributed by atoms with Crippen molar-refractivity contribution in [2.75, 3.05) is 13.2 Å². The SMILES string of the molecule is CCOC(=O)C(NC(=O)c1nn(-c2ccccc2)nc1C)C(=O)OCC. The molecule has 2 aromatic rings. The molecule has 0 fully saturated rings. The fourth-order valence-corrected chi connectivity index (χ4v) is 2.13. The molecule has 138 valence electrons. The summed E-state index contributed by atoms with van der Waals surface area (Å²) in [5.41, 5.74) is 1.01. The minimum atomic E-state index is -1.57. The lowest BCUT2D eigenvalue weighted by Gasteiger charge is -2.15. The number of hydrogen-bond acceptors (Lipinski definition) is 7. The summed E-state index contributed by atoms with van der Waals surface area (Å²) in [6, 6.07) is 7.46. The first-order chi connectivity index (χ1) is 12.5. The van der Waals surface area contributed by atoms with Crippen LogP contribution in [0.1, 0.15) is 30.0 Å². The van der Waals surface area contributed by atoms with Crippen molar-refractivity contribution in [2.24, 2.45) is 0 Å². The molecule has 9 nitrogen and oxygen atoms in total. The molecule has 0 saturated heterocycles. The number of hydrogen-bond donors (Lipinski definition) is 1. The molecule has 1 heterocycles. The zero-order valence-corrected chi connectivity index (χ0v) is 14.8. The second-order valence-corrected chi connectivity index (χ2v) is 5.17.